The Morgan fingerprint density at radius 2 is 1.92 bits per heavy atom. The van der Waals surface area contributed by atoms with Crippen LogP contribution in [-0.4, -0.2) is 34.8 Å². The van der Waals surface area contributed by atoms with Crippen LogP contribution >= 0.6 is 11.6 Å². The Morgan fingerprint density at radius 1 is 1.12 bits per heavy atom. The van der Waals surface area contributed by atoms with E-state index in [-0.39, 0.29) is 17.8 Å². The van der Waals surface area contributed by atoms with E-state index in [9.17, 15) is 10.2 Å². The van der Waals surface area contributed by atoms with Gasteiger partial charge < -0.3 is 10.2 Å². The van der Waals surface area contributed by atoms with E-state index in [0.29, 0.717) is 11.6 Å². The normalized spacial score (nSPS) is 21.8. The van der Waals surface area contributed by atoms with Gasteiger partial charge in [0.05, 0.1) is 6.61 Å². The molecule has 3 rings (SSSR count). The van der Waals surface area contributed by atoms with Gasteiger partial charge in [-0.25, -0.2) is 0 Å². The third-order valence-electron chi connectivity index (χ3n) is 4.93. The van der Waals surface area contributed by atoms with Gasteiger partial charge in [-0.05, 0) is 49.6 Å². The van der Waals surface area contributed by atoms with Gasteiger partial charge in [-0.1, -0.05) is 41.9 Å². The summed E-state index contributed by atoms with van der Waals surface area (Å²) in [5.41, 5.74) is 1.99. The van der Waals surface area contributed by atoms with Gasteiger partial charge in [0.25, 0.3) is 0 Å². The van der Waals surface area contributed by atoms with E-state index in [1.165, 1.54) is 5.56 Å². The van der Waals surface area contributed by atoms with Crippen LogP contribution in [0.2, 0.25) is 5.02 Å². The summed E-state index contributed by atoms with van der Waals surface area (Å²) in [6.45, 7) is 2.63. The number of piperidine rings is 1. The molecule has 1 aliphatic rings. The predicted octanol–water partition coefficient (Wildman–Crippen LogP) is 3.86. The van der Waals surface area contributed by atoms with Gasteiger partial charge in [0.1, 0.15) is 5.75 Å². The zero-order valence-electron chi connectivity index (χ0n) is 13.8. The number of phenols is 1. The molecule has 1 saturated heterocycles. The van der Waals surface area contributed by atoms with Crippen LogP contribution in [0.3, 0.4) is 0 Å². The monoisotopic (exact) mass is 345 g/mol. The molecule has 0 bridgehead atoms. The van der Waals surface area contributed by atoms with Crippen LogP contribution in [-0.2, 0) is 13.0 Å². The smallest absolute Gasteiger partial charge is 0.120 e. The second kappa shape index (κ2) is 7.56. The van der Waals surface area contributed by atoms with E-state index in [1.807, 2.05) is 24.3 Å². The minimum absolute atomic E-state index is 0.117. The fourth-order valence-corrected chi connectivity index (χ4v) is 3.92. The number of hydrogen-bond donors (Lipinski definition) is 2. The van der Waals surface area contributed by atoms with Crippen LogP contribution in [0, 0.1) is 5.41 Å². The van der Waals surface area contributed by atoms with Crippen molar-refractivity contribution in [1.29, 1.82) is 0 Å². The van der Waals surface area contributed by atoms with Crippen molar-refractivity contribution < 1.29 is 10.2 Å². The summed E-state index contributed by atoms with van der Waals surface area (Å²) in [5.74, 6) is 0.280. The molecule has 128 valence electrons. The van der Waals surface area contributed by atoms with E-state index in [1.54, 1.807) is 12.1 Å². The Morgan fingerprint density at radius 3 is 2.67 bits per heavy atom. The van der Waals surface area contributed by atoms with Crippen molar-refractivity contribution in [1.82, 2.24) is 4.90 Å². The average molecular weight is 346 g/mol. The molecule has 0 aromatic heterocycles. The van der Waals surface area contributed by atoms with Crippen LogP contribution in [0.4, 0.5) is 0 Å². The molecule has 2 aromatic carbocycles. The van der Waals surface area contributed by atoms with E-state index in [2.05, 4.69) is 17.0 Å². The minimum Gasteiger partial charge on any atom is -0.508 e. The van der Waals surface area contributed by atoms with E-state index in [0.717, 1.165) is 37.9 Å². The van der Waals surface area contributed by atoms with Crippen molar-refractivity contribution >= 4 is 11.6 Å². The van der Waals surface area contributed by atoms with Crippen LogP contribution < -0.4 is 0 Å². The molecule has 0 radical (unpaired) electrons. The first-order valence-electron chi connectivity index (χ1n) is 8.45. The fourth-order valence-electron chi connectivity index (χ4n) is 3.72. The Labute approximate surface area is 148 Å². The number of aromatic hydroxyl groups is 1. The lowest BCUT2D eigenvalue weighted by Crippen LogP contribution is -2.46. The largest absolute Gasteiger partial charge is 0.508 e. The second-order valence-electron chi connectivity index (χ2n) is 6.91. The third-order valence-corrected chi connectivity index (χ3v) is 5.17. The number of aliphatic hydroxyl groups is 1. The predicted molar refractivity (Wildman–Crippen MR) is 97.3 cm³/mol. The zero-order chi connectivity index (χ0) is 17.0. The molecule has 1 aliphatic heterocycles. The van der Waals surface area contributed by atoms with Crippen molar-refractivity contribution in [3.05, 3.63) is 64.7 Å². The van der Waals surface area contributed by atoms with Gasteiger partial charge in [-0.2, -0.15) is 0 Å². The Kier molecular flexibility index (Phi) is 5.44. The number of rotatable bonds is 5. The molecule has 24 heavy (non-hydrogen) atoms. The fraction of sp³-hybridized carbons (Fsp3) is 0.400. The lowest BCUT2D eigenvalue weighted by atomic mass is 9.75. The molecule has 1 heterocycles. The number of benzene rings is 2. The third kappa shape index (κ3) is 4.10. The van der Waals surface area contributed by atoms with Gasteiger partial charge in [0.15, 0.2) is 0 Å². The molecule has 0 saturated carbocycles. The SMILES string of the molecule is OCC1(Cc2ccccc2)CCCN(Cc2cc(Cl)ccc2O)C1. The van der Waals surface area contributed by atoms with Crippen molar-refractivity contribution in [2.75, 3.05) is 19.7 Å². The number of phenolic OH excluding ortho intramolecular Hbond substituents is 1. The molecule has 0 aliphatic carbocycles. The van der Waals surface area contributed by atoms with Crippen LogP contribution in [0.25, 0.3) is 0 Å². The maximum Gasteiger partial charge on any atom is 0.120 e. The summed E-state index contributed by atoms with van der Waals surface area (Å²) >= 11 is 6.06. The van der Waals surface area contributed by atoms with Gasteiger partial charge in [-0.3, -0.25) is 4.90 Å². The lowest BCUT2D eigenvalue weighted by molar-refractivity contribution is 0.0286. The van der Waals surface area contributed by atoms with Crippen LogP contribution in [0.5, 0.6) is 5.75 Å². The highest BCUT2D eigenvalue weighted by Crippen LogP contribution is 2.35. The Balaban J connectivity index is 1.73. The Hall–Kier alpha value is -1.55. The summed E-state index contributed by atoms with van der Waals surface area (Å²) < 4.78 is 0. The summed E-state index contributed by atoms with van der Waals surface area (Å²) in [6, 6.07) is 15.5. The molecule has 4 heteroatoms. The number of halogens is 1. The lowest BCUT2D eigenvalue weighted by Gasteiger charge is -2.42. The van der Waals surface area contributed by atoms with Crippen molar-refractivity contribution in [2.45, 2.75) is 25.8 Å². The number of likely N-dealkylation sites (tertiary alicyclic amines) is 1. The highest BCUT2D eigenvalue weighted by Gasteiger charge is 2.35. The molecule has 1 atom stereocenters. The standard InChI is InChI=1S/C20H24ClNO2/c21-18-7-8-19(24)17(11-18)13-22-10-4-9-20(14-22,15-23)12-16-5-2-1-3-6-16/h1-3,5-8,11,23-24H,4,9-10,12-15H2. The summed E-state index contributed by atoms with van der Waals surface area (Å²) in [7, 11) is 0. The number of nitrogens with zero attached hydrogens (tertiary/aromatic N) is 1. The topological polar surface area (TPSA) is 43.7 Å². The summed E-state index contributed by atoms with van der Waals surface area (Å²) in [6.07, 6.45) is 2.95. The highest BCUT2D eigenvalue weighted by atomic mass is 35.5. The molecular weight excluding hydrogens is 322 g/mol. The maximum atomic E-state index is 10.1. The molecule has 2 aromatic rings. The Bertz CT molecular complexity index is 677. The first-order valence-corrected chi connectivity index (χ1v) is 8.83. The number of hydrogen-bond acceptors (Lipinski definition) is 3. The molecule has 1 fully saturated rings. The maximum absolute atomic E-state index is 10.1. The quantitative estimate of drug-likeness (QED) is 0.864. The summed E-state index contributed by atoms with van der Waals surface area (Å²) in [5, 5.41) is 20.8. The van der Waals surface area contributed by atoms with Gasteiger partial charge in [0.2, 0.25) is 0 Å². The van der Waals surface area contributed by atoms with E-state index >= 15 is 0 Å². The number of aliphatic hydroxyl groups excluding tert-OH is 1. The minimum atomic E-state index is -0.117. The second-order valence-corrected chi connectivity index (χ2v) is 7.34. The van der Waals surface area contributed by atoms with Crippen LogP contribution in [0.1, 0.15) is 24.0 Å². The molecule has 3 nitrogen and oxygen atoms in total. The summed E-state index contributed by atoms with van der Waals surface area (Å²) in [4.78, 5) is 2.31. The first kappa shape index (κ1) is 17.3. The highest BCUT2D eigenvalue weighted by molar-refractivity contribution is 6.30. The van der Waals surface area contributed by atoms with Crippen molar-refractivity contribution in [3.63, 3.8) is 0 Å². The molecule has 2 N–H and O–H groups in total. The first-order chi connectivity index (χ1) is 11.6. The van der Waals surface area contributed by atoms with E-state index < -0.39 is 0 Å². The molecule has 1 unspecified atom stereocenters. The molecule has 0 amide bonds. The van der Waals surface area contributed by atoms with Gasteiger partial charge in [0, 0.05) is 29.1 Å². The molecule has 0 spiro atoms. The van der Waals surface area contributed by atoms with Crippen LogP contribution in [0.15, 0.2) is 48.5 Å². The van der Waals surface area contributed by atoms with Crippen molar-refractivity contribution in [2.24, 2.45) is 5.41 Å². The van der Waals surface area contributed by atoms with Gasteiger partial charge in [-0.15, -0.1) is 0 Å². The van der Waals surface area contributed by atoms with E-state index in [4.69, 9.17) is 11.6 Å². The average Bonchev–Trinajstić information content (AvgIpc) is 2.59. The zero-order valence-corrected chi connectivity index (χ0v) is 14.5. The molecular formula is C20H24ClNO2. The van der Waals surface area contributed by atoms with Crippen molar-refractivity contribution in [3.8, 4) is 5.75 Å². The van der Waals surface area contributed by atoms with Gasteiger partial charge >= 0.3 is 0 Å².